The van der Waals surface area contributed by atoms with Crippen LogP contribution < -0.4 is 5.32 Å². The van der Waals surface area contributed by atoms with Crippen molar-refractivity contribution in [3.63, 3.8) is 0 Å². The first-order valence-corrected chi connectivity index (χ1v) is 9.11. The number of carbonyl (C=O) groups is 1. The van der Waals surface area contributed by atoms with Gasteiger partial charge in [0.25, 0.3) is 0 Å². The number of hydrogen-bond donors (Lipinski definition) is 1. The molecule has 3 aromatic rings. The molecule has 0 bridgehead atoms. The molecule has 0 fully saturated rings. The fourth-order valence-electron chi connectivity index (χ4n) is 2.65. The van der Waals surface area contributed by atoms with E-state index < -0.39 is 0 Å². The van der Waals surface area contributed by atoms with Gasteiger partial charge >= 0.3 is 5.97 Å². The number of aryl methyl sites for hydroxylation is 1. The number of thiophene rings is 1. The number of hydrogen-bond acceptors (Lipinski definition) is 6. The molecule has 1 N–H and O–H groups in total. The molecule has 6 heteroatoms. The van der Waals surface area contributed by atoms with Gasteiger partial charge in [-0.3, -0.25) is 0 Å². The van der Waals surface area contributed by atoms with Crippen molar-refractivity contribution in [1.82, 2.24) is 9.97 Å². The molecule has 5 nitrogen and oxygen atoms in total. The highest BCUT2D eigenvalue weighted by Gasteiger charge is 2.20. The van der Waals surface area contributed by atoms with Gasteiger partial charge < -0.3 is 10.1 Å². The molecule has 130 valence electrons. The van der Waals surface area contributed by atoms with Crippen LogP contribution in [0, 0.1) is 6.92 Å². The number of benzene rings is 1. The van der Waals surface area contributed by atoms with Gasteiger partial charge in [0, 0.05) is 5.69 Å². The number of carbonyl (C=O) groups excluding carboxylic acids is 1. The third-order valence-electron chi connectivity index (χ3n) is 4.03. The van der Waals surface area contributed by atoms with Crippen molar-refractivity contribution in [1.29, 1.82) is 0 Å². The molecule has 0 aliphatic heterocycles. The number of fused-ring (bicyclic) bond motifs is 1. The maximum Gasteiger partial charge on any atom is 0.348 e. The summed E-state index contributed by atoms with van der Waals surface area (Å²) in [6.45, 7) is 8.39. The Hall–Kier alpha value is -2.47. The van der Waals surface area contributed by atoms with E-state index in [1.807, 2.05) is 19.1 Å². The highest BCUT2D eigenvalue weighted by molar-refractivity contribution is 7.20. The molecule has 0 amide bonds. The summed E-state index contributed by atoms with van der Waals surface area (Å²) < 4.78 is 5.13. The lowest BCUT2D eigenvalue weighted by atomic mass is 10.0. The molecule has 1 aromatic carbocycles. The van der Waals surface area contributed by atoms with E-state index in [9.17, 15) is 4.79 Å². The number of esters is 1. The third-order valence-corrected chi connectivity index (χ3v) is 5.21. The van der Waals surface area contributed by atoms with Crippen LogP contribution in [0.3, 0.4) is 0 Å². The third kappa shape index (κ3) is 3.49. The Bertz CT molecular complexity index is 901. The van der Waals surface area contributed by atoms with Gasteiger partial charge in [-0.05, 0) is 43.0 Å². The number of anilines is 2. The van der Waals surface area contributed by atoms with E-state index in [0.29, 0.717) is 23.2 Å². The molecule has 0 atom stereocenters. The van der Waals surface area contributed by atoms with Gasteiger partial charge in [-0.1, -0.05) is 26.0 Å². The minimum atomic E-state index is -0.310. The number of nitrogens with zero attached hydrogens (tertiary/aromatic N) is 2. The summed E-state index contributed by atoms with van der Waals surface area (Å²) in [6.07, 6.45) is 1.51. The van der Waals surface area contributed by atoms with Crippen molar-refractivity contribution >= 4 is 39.0 Å². The molecule has 0 saturated carbocycles. The molecule has 0 aliphatic carbocycles. The highest BCUT2D eigenvalue weighted by atomic mass is 32.1. The van der Waals surface area contributed by atoms with E-state index in [-0.39, 0.29) is 5.97 Å². The van der Waals surface area contributed by atoms with E-state index in [2.05, 4.69) is 41.3 Å². The van der Waals surface area contributed by atoms with Crippen molar-refractivity contribution < 1.29 is 9.53 Å². The number of ether oxygens (including phenoxy) is 1. The Balaban J connectivity index is 1.97. The molecular formula is C19H21N3O2S. The molecule has 0 radical (unpaired) electrons. The predicted octanol–water partition coefficient (Wildman–Crippen LogP) is 5.04. The lowest BCUT2D eigenvalue weighted by molar-refractivity contribution is 0.0531. The summed E-state index contributed by atoms with van der Waals surface area (Å²) in [6, 6.07) is 8.29. The zero-order chi connectivity index (χ0) is 18.0. The van der Waals surface area contributed by atoms with Crippen molar-refractivity contribution in [2.45, 2.75) is 33.6 Å². The average molecular weight is 355 g/mol. The molecule has 2 aromatic heterocycles. The van der Waals surface area contributed by atoms with Gasteiger partial charge in [-0.2, -0.15) is 0 Å². The van der Waals surface area contributed by atoms with Crippen LogP contribution in [0.5, 0.6) is 0 Å². The molecule has 2 heterocycles. The second-order valence-corrected chi connectivity index (χ2v) is 7.08. The summed E-state index contributed by atoms with van der Waals surface area (Å²) in [7, 11) is 0. The average Bonchev–Trinajstić information content (AvgIpc) is 2.94. The van der Waals surface area contributed by atoms with Gasteiger partial charge in [0.1, 0.15) is 21.9 Å². The van der Waals surface area contributed by atoms with Crippen molar-refractivity contribution in [2.75, 3.05) is 11.9 Å². The standard InChI is InChI=1S/C19H21N3O2S/c1-5-24-19(23)16-12(4)15-17(20-10-21-18(15)25-16)22-14-8-6-13(7-9-14)11(2)3/h6-11H,5H2,1-4H3,(H,20,21,22). The zero-order valence-corrected chi connectivity index (χ0v) is 15.6. The molecule has 25 heavy (non-hydrogen) atoms. The van der Waals surface area contributed by atoms with Crippen LogP contribution in [0.2, 0.25) is 0 Å². The lowest BCUT2D eigenvalue weighted by Gasteiger charge is -2.10. The lowest BCUT2D eigenvalue weighted by Crippen LogP contribution is -2.03. The monoisotopic (exact) mass is 355 g/mol. The summed E-state index contributed by atoms with van der Waals surface area (Å²) >= 11 is 1.34. The summed E-state index contributed by atoms with van der Waals surface area (Å²) in [5, 5.41) is 4.21. The fraction of sp³-hybridized carbons (Fsp3) is 0.316. The predicted molar refractivity (Wildman–Crippen MR) is 102 cm³/mol. The van der Waals surface area contributed by atoms with E-state index in [4.69, 9.17) is 4.74 Å². The first-order chi connectivity index (χ1) is 12.0. The van der Waals surface area contributed by atoms with Crippen molar-refractivity contribution in [2.24, 2.45) is 0 Å². The van der Waals surface area contributed by atoms with Crippen LogP contribution in [0.4, 0.5) is 11.5 Å². The maximum atomic E-state index is 12.1. The summed E-state index contributed by atoms with van der Waals surface area (Å²) in [4.78, 5) is 22.2. The normalized spacial score (nSPS) is 11.1. The molecule has 0 spiro atoms. The van der Waals surface area contributed by atoms with E-state index in [1.54, 1.807) is 6.92 Å². The first-order valence-electron chi connectivity index (χ1n) is 8.29. The van der Waals surface area contributed by atoms with Crippen LogP contribution in [-0.2, 0) is 4.74 Å². The Morgan fingerprint density at radius 3 is 2.60 bits per heavy atom. The van der Waals surface area contributed by atoms with E-state index in [1.165, 1.54) is 23.2 Å². The first kappa shape index (κ1) is 17.4. The van der Waals surface area contributed by atoms with E-state index in [0.717, 1.165) is 21.5 Å². The number of nitrogens with one attached hydrogen (secondary N) is 1. The van der Waals surface area contributed by atoms with Gasteiger partial charge in [0.05, 0.1) is 12.0 Å². The Kier molecular flexibility index (Phi) is 4.99. The Morgan fingerprint density at radius 2 is 1.96 bits per heavy atom. The fourth-order valence-corrected chi connectivity index (χ4v) is 3.69. The van der Waals surface area contributed by atoms with Crippen molar-refractivity contribution in [3.05, 3.63) is 46.6 Å². The second kappa shape index (κ2) is 7.19. The smallest absolute Gasteiger partial charge is 0.348 e. The number of rotatable bonds is 5. The number of aromatic nitrogens is 2. The molecular weight excluding hydrogens is 334 g/mol. The largest absolute Gasteiger partial charge is 0.462 e. The Labute approximate surface area is 151 Å². The van der Waals surface area contributed by atoms with Gasteiger partial charge in [0.2, 0.25) is 0 Å². The Morgan fingerprint density at radius 1 is 1.24 bits per heavy atom. The molecule has 0 unspecified atom stereocenters. The zero-order valence-electron chi connectivity index (χ0n) is 14.8. The van der Waals surface area contributed by atoms with Gasteiger partial charge in [-0.25, -0.2) is 14.8 Å². The van der Waals surface area contributed by atoms with Gasteiger partial charge in [-0.15, -0.1) is 11.3 Å². The topological polar surface area (TPSA) is 64.1 Å². The maximum absolute atomic E-state index is 12.1. The SMILES string of the molecule is CCOC(=O)c1sc2ncnc(Nc3ccc(C(C)C)cc3)c2c1C. The minimum absolute atomic E-state index is 0.310. The highest BCUT2D eigenvalue weighted by Crippen LogP contribution is 2.35. The minimum Gasteiger partial charge on any atom is -0.462 e. The van der Waals surface area contributed by atoms with E-state index >= 15 is 0 Å². The van der Waals surface area contributed by atoms with Crippen LogP contribution in [0.25, 0.3) is 10.2 Å². The van der Waals surface area contributed by atoms with Crippen LogP contribution >= 0.6 is 11.3 Å². The molecule has 0 aliphatic rings. The second-order valence-electron chi connectivity index (χ2n) is 6.08. The van der Waals surface area contributed by atoms with Crippen molar-refractivity contribution in [3.8, 4) is 0 Å². The quantitative estimate of drug-likeness (QED) is 0.649. The van der Waals surface area contributed by atoms with Gasteiger partial charge in [0.15, 0.2) is 0 Å². The summed E-state index contributed by atoms with van der Waals surface area (Å²) in [5.74, 6) is 0.882. The van der Waals surface area contributed by atoms with Crippen LogP contribution in [0.15, 0.2) is 30.6 Å². The van der Waals surface area contributed by atoms with Crippen LogP contribution in [-0.4, -0.2) is 22.5 Å². The van der Waals surface area contributed by atoms with Crippen LogP contribution in [0.1, 0.15) is 47.5 Å². The molecule has 3 rings (SSSR count). The summed E-state index contributed by atoms with van der Waals surface area (Å²) in [5.41, 5.74) is 3.09. The molecule has 0 saturated heterocycles.